The monoisotopic (exact) mass is 523 g/mol. The number of hydrogen-bond donors (Lipinski definition) is 1. The number of thiazole rings is 1. The fraction of sp³-hybridized carbons (Fsp3) is 0.455. The first-order valence-electron chi connectivity index (χ1n) is 11.4. The van der Waals surface area contributed by atoms with E-state index in [0.29, 0.717) is 36.5 Å². The number of carbonyl (C=O) groups is 2. The topological polar surface area (TPSA) is 112 Å². The highest BCUT2D eigenvalue weighted by molar-refractivity contribution is 7.13. The Kier molecular flexibility index (Phi) is 5.24. The maximum Gasteiger partial charge on any atom is 0.573 e. The second-order valence-electron chi connectivity index (χ2n) is 8.99. The molecule has 2 amide bonds. The van der Waals surface area contributed by atoms with Gasteiger partial charge >= 0.3 is 12.5 Å². The molecule has 2 aromatic heterocycles. The summed E-state index contributed by atoms with van der Waals surface area (Å²) >= 11 is 1.25. The highest BCUT2D eigenvalue weighted by Crippen LogP contribution is 2.43. The molecule has 2 atom stereocenters. The summed E-state index contributed by atoms with van der Waals surface area (Å²) in [6, 6.07) is 0.822. The van der Waals surface area contributed by atoms with E-state index in [1.165, 1.54) is 27.2 Å². The van der Waals surface area contributed by atoms with E-state index in [1.807, 2.05) is 0 Å². The van der Waals surface area contributed by atoms with Gasteiger partial charge in [-0.05, 0) is 25.3 Å². The Bertz CT molecular complexity index is 1330. The zero-order chi connectivity index (χ0) is 25.2. The highest BCUT2D eigenvalue weighted by Gasteiger charge is 2.44. The van der Waals surface area contributed by atoms with Crippen LogP contribution in [-0.2, 0) is 0 Å². The number of rotatable bonds is 4. The molecule has 0 saturated carbocycles. The molecule has 0 radical (unpaired) electrons. The molecule has 190 valence electrons. The molecule has 36 heavy (non-hydrogen) atoms. The number of fused-ring (bicyclic) bond motifs is 3. The minimum Gasteiger partial charge on any atom is -0.465 e. The molecule has 1 aromatic carbocycles. The first-order chi connectivity index (χ1) is 17.2. The van der Waals surface area contributed by atoms with Crippen LogP contribution in [0.5, 0.6) is 5.75 Å². The van der Waals surface area contributed by atoms with Gasteiger partial charge in [0.2, 0.25) is 0 Å². The third-order valence-electron chi connectivity index (χ3n) is 6.84. The summed E-state index contributed by atoms with van der Waals surface area (Å²) in [4.78, 5) is 38.0. The predicted molar refractivity (Wildman–Crippen MR) is 121 cm³/mol. The van der Waals surface area contributed by atoms with Crippen LogP contribution in [-0.4, -0.2) is 81.5 Å². The van der Waals surface area contributed by atoms with Crippen molar-refractivity contribution in [2.45, 2.75) is 37.7 Å². The van der Waals surface area contributed by atoms with E-state index in [1.54, 1.807) is 16.5 Å². The van der Waals surface area contributed by atoms with Crippen molar-refractivity contribution in [2.75, 3.05) is 31.1 Å². The number of likely N-dealkylation sites (tertiary alicyclic amines) is 1. The first kappa shape index (κ1) is 22.9. The number of halogens is 3. The fourth-order valence-electron chi connectivity index (χ4n) is 5.14. The van der Waals surface area contributed by atoms with Crippen LogP contribution in [0.2, 0.25) is 0 Å². The van der Waals surface area contributed by atoms with Crippen molar-refractivity contribution in [1.29, 1.82) is 0 Å². The maximum atomic E-state index is 13.5. The minimum atomic E-state index is -5.06. The van der Waals surface area contributed by atoms with Gasteiger partial charge in [0.05, 0.1) is 23.2 Å². The minimum absolute atomic E-state index is 0.0207. The first-order valence-corrected chi connectivity index (χ1v) is 12.3. The van der Waals surface area contributed by atoms with Gasteiger partial charge < -0.3 is 24.1 Å². The van der Waals surface area contributed by atoms with Gasteiger partial charge in [-0.15, -0.1) is 24.5 Å². The van der Waals surface area contributed by atoms with Crippen molar-refractivity contribution in [3.8, 4) is 16.3 Å². The lowest BCUT2D eigenvalue weighted by atomic mass is 10.0. The van der Waals surface area contributed by atoms with Crippen LogP contribution < -0.4 is 9.64 Å². The van der Waals surface area contributed by atoms with Crippen molar-refractivity contribution < 1.29 is 37.0 Å². The maximum absolute atomic E-state index is 13.5. The Morgan fingerprint density at radius 2 is 1.92 bits per heavy atom. The normalized spacial score (nSPS) is 21.7. The summed E-state index contributed by atoms with van der Waals surface area (Å²) in [5.74, 6) is -1.30. The summed E-state index contributed by atoms with van der Waals surface area (Å²) < 4.78 is 50.8. The number of ether oxygens (including phenoxy) is 1. The van der Waals surface area contributed by atoms with E-state index in [-0.39, 0.29) is 47.9 Å². The average Bonchev–Trinajstić information content (AvgIpc) is 3.50. The van der Waals surface area contributed by atoms with Crippen molar-refractivity contribution in [1.82, 2.24) is 19.8 Å². The van der Waals surface area contributed by atoms with Crippen LogP contribution in [0.3, 0.4) is 0 Å². The highest BCUT2D eigenvalue weighted by atomic mass is 32.1. The van der Waals surface area contributed by atoms with Crippen LogP contribution in [0.4, 0.5) is 24.0 Å². The number of aromatic nitrogens is 2. The number of nitrogens with zero attached hydrogens (tertiary/aromatic N) is 5. The van der Waals surface area contributed by atoms with Crippen molar-refractivity contribution in [3.63, 3.8) is 0 Å². The van der Waals surface area contributed by atoms with Gasteiger partial charge in [-0.25, -0.2) is 9.78 Å². The molecule has 3 aromatic rings. The predicted octanol–water partition coefficient (Wildman–Crippen LogP) is 4.03. The molecule has 10 nitrogen and oxygen atoms in total. The van der Waals surface area contributed by atoms with Crippen molar-refractivity contribution in [2.24, 2.45) is 0 Å². The fourth-order valence-corrected chi connectivity index (χ4v) is 5.79. The molecule has 0 spiro atoms. The zero-order valence-electron chi connectivity index (χ0n) is 18.7. The van der Waals surface area contributed by atoms with E-state index >= 15 is 0 Å². The standard InChI is InChI=1S/C22H20F3N5O5S/c23-22(24,25)35-17-14(19(31)28-5-1-6-28)8-13(18-26-4-7-36-18)16-15(17)27-20(34-16)29-9-11-2-3-12(10-29)30(11)21(32)33/h4,7-8,11-12H,1-3,5-6,9-10H2,(H,32,33). The van der Waals surface area contributed by atoms with Crippen LogP contribution in [0, 0.1) is 0 Å². The smallest absolute Gasteiger partial charge is 0.465 e. The second kappa shape index (κ2) is 8.25. The molecular weight excluding hydrogens is 503 g/mol. The molecule has 3 fully saturated rings. The molecule has 1 N–H and O–H groups in total. The van der Waals surface area contributed by atoms with Crippen LogP contribution >= 0.6 is 11.3 Å². The van der Waals surface area contributed by atoms with Gasteiger partial charge in [0, 0.05) is 37.8 Å². The van der Waals surface area contributed by atoms with E-state index in [0.717, 1.165) is 6.42 Å². The number of piperazine rings is 1. The number of hydrogen-bond acceptors (Lipinski definition) is 8. The molecule has 3 aliphatic rings. The molecule has 0 aliphatic carbocycles. The van der Waals surface area contributed by atoms with Gasteiger partial charge in [-0.2, -0.15) is 4.98 Å². The Balaban J connectivity index is 1.50. The Labute approximate surface area is 205 Å². The molecule has 3 aliphatic heterocycles. The van der Waals surface area contributed by atoms with Gasteiger partial charge in [-0.3, -0.25) is 9.69 Å². The molecule has 6 rings (SSSR count). The summed E-state index contributed by atoms with van der Waals surface area (Å²) in [6.45, 7) is 1.46. The molecular formula is C22H20F3N5O5S. The molecule has 3 saturated heterocycles. The number of oxazole rings is 1. The average molecular weight is 523 g/mol. The van der Waals surface area contributed by atoms with Gasteiger partial charge in [0.1, 0.15) is 5.01 Å². The van der Waals surface area contributed by atoms with Crippen molar-refractivity contribution in [3.05, 3.63) is 23.2 Å². The molecule has 2 unspecified atom stereocenters. The summed E-state index contributed by atoms with van der Waals surface area (Å²) in [6.07, 6.45) is -2.40. The van der Waals surface area contributed by atoms with Crippen LogP contribution in [0.25, 0.3) is 21.7 Å². The van der Waals surface area contributed by atoms with Crippen molar-refractivity contribution >= 4 is 40.5 Å². The molecule has 14 heteroatoms. The SMILES string of the molecule is O=C(c1cc(-c2nccs2)c2oc(N3CC4CCC(C3)N4C(=O)O)nc2c1OC(F)(F)F)N1CCC1. The lowest BCUT2D eigenvalue weighted by Gasteiger charge is -2.38. The lowest BCUT2D eigenvalue weighted by molar-refractivity contribution is -0.274. The zero-order valence-corrected chi connectivity index (χ0v) is 19.5. The third-order valence-corrected chi connectivity index (χ3v) is 7.64. The summed E-state index contributed by atoms with van der Waals surface area (Å²) in [5, 5.41) is 11.7. The summed E-state index contributed by atoms with van der Waals surface area (Å²) in [5.41, 5.74) is -0.135. The van der Waals surface area contributed by atoms with E-state index < -0.39 is 24.1 Å². The number of benzene rings is 1. The lowest BCUT2D eigenvalue weighted by Crippen LogP contribution is -2.55. The van der Waals surface area contributed by atoms with Gasteiger partial charge in [-0.1, -0.05) is 0 Å². The quantitative estimate of drug-likeness (QED) is 0.546. The van der Waals surface area contributed by atoms with Crippen LogP contribution in [0.1, 0.15) is 29.6 Å². The number of carbonyl (C=O) groups excluding carboxylic acids is 1. The number of anilines is 1. The van der Waals surface area contributed by atoms with E-state index in [2.05, 4.69) is 14.7 Å². The Morgan fingerprint density at radius 3 is 2.47 bits per heavy atom. The second-order valence-corrected chi connectivity index (χ2v) is 9.88. The van der Waals surface area contributed by atoms with Crippen LogP contribution in [0.15, 0.2) is 22.1 Å². The number of carboxylic acid groups (broad SMARTS) is 1. The summed E-state index contributed by atoms with van der Waals surface area (Å²) in [7, 11) is 0. The van der Waals surface area contributed by atoms with Gasteiger partial charge in [0.15, 0.2) is 16.8 Å². The Morgan fingerprint density at radius 1 is 1.19 bits per heavy atom. The molecule has 5 heterocycles. The third kappa shape index (κ3) is 3.79. The molecule has 2 bridgehead atoms. The van der Waals surface area contributed by atoms with Gasteiger partial charge in [0.25, 0.3) is 11.9 Å². The number of amides is 2. The van der Waals surface area contributed by atoms with E-state index in [9.17, 15) is 27.9 Å². The Hall–Kier alpha value is -3.55. The largest absolute Gasteiger partial charge is 0.573 e. The van der Waals surface area contributed by atoms with E-state index in [4.69, 9.17) is 4.42 Å². The number of alkyl halides is 3.